The van der Waals surface area contributed by atoms with Crippen molar-refractivity contribution < 1.29 is 13.3 Å². The molecule has 8 heteroatoms. The molecule has 0 aliphatic rings. The molecule has 18 heavy (non-hydrogen) atoms. The van der Waals surface area contributed by atoms with Gasteiger partial charge in [-0.25, -0.2) is 12.7 Å². The SMILES string of the molecule is CN(C)S(=O)(=O)CC(N)c1cccc([N+](=O)[O-])c1. The van der Waals surface area contributed by atoms with Crippen molar-refractivity contribution in [3.05, 3.63) is 39.9 Å². The van der Waals surface area contributed by atoms with Crippen molar-refractivity contribution >= 4 is 15.7 Å². The van der Waals surface area contributed by atoms with Gasteiger partial charge in [-0.1, -0.05) is 12.1 Å². The number of hydrogen-bond donors (Lipinski definition) is 1. The van der Waals surface area contributed by atoms with Gasteiger partial charge in [0.05, 0.1) is 10.7 Å². The largest absolute Gasteiger partial charge is 0.323 e. The van der Waals surface area contributed by atoms with E-state index < -0.39 is 21.0 Å². The van der Waals surface area contributed by atoms with Crippen LogP contribution in [0.25, 0.3) is 0 Å². The monoisotopic (exact) mass is 273 g/mol. The average Bonchev–Trinajstić information content (AvgIpc) is 2.28. The molecular weight excluding hydrogens is 258 g/mol. The molecule has 0 saturated heterocycles. The van der Waals surface area contributed by atoms with Crippen molar-refractivity contribution in [3.63, 3.8) is 0 Å². The summed E-state index contributed by atoms with van der Waals surface area (Å²) in [5.74, 6) is -0.291. The first-order chi connectivity index (χ1) is 8.24. The van der Waals surface area contributed by atoms with Gasteiger partial charge in [0.2, 0.25) is 10.0 Å². The molecule has 0 bridgehead atoms. The molecule has 0 heterocycles. The molecule has 0 fully saturated rings. The zero-order valence-electron chi connectivity index (χ0n) is 10.1. The molecule has 1 aromatic rings. The van der Waals surface area contributed by atoms with E-state index >= 15 is 0 Å². The molecule has 0 spiro atoms. The van der Waals surface area contributed by atoms with Gasteiger partial charge in [0.15, 0.2) is 0 Å². The third kappa shape index (κ3) is 3.49. The summed E-state index contributed by atoms with van der Waals surface area (Å²) in [6, 6.07) is 4.88. The van der Waals surface area contributed by atoms with Gasteiger partial charge in [-0.2, -0.15) is 0 Å². The second-order valence-corrected chi connectivity index (χ2v) is 6.25. The maximum atomic E-state index is 11.6. The molecule has 1 aromatic carbocycles. The highest BCUT2D eigenvalue weighted by atomic mass is 32.2. The van der Waals surface area contributed by atoms with Crippen LogP contribution in [-0.4, -0.2) is 37.5 Å². The Morgan fingerprint density at radius 2 is 2.06 bits per heavy atom. The minimum atomic E-state index is -3.44. The summed E-state index contributed by atoms with van der Waals surface area (Å²) in [5.41, 5.74) is 6.08. The van der Waals surface area contributed by atoms with Crippen molar-refractivity contribution in [3.8, 4) is 0 Å². The molecule has 1 rings (SSSR count). The fourth-order valence-electron chi connectivity index (χ4n) is 1.34. The molecule has 0 saturated carbocycles. The maximum absolute atomic E-state index is 11.6. The van der Waals surface area contributed by atoms with E-state index in [0.717, 1.165) is 4.31 Å². The van der Waals surface area contributed by atoms with Crippen molar-refractivity contribution in [1.82, 2.24) is 4.31 Å². The van der Waals surface area contributed by atoms with E-state index in [9.17, 15) is 18.5 Å². The van der Waals surface area contributed by atoms with Gasteiger partial charge < -0.3 is 5.73 Å². The Hall–Kier alpha value is -1.51. The first kappa shape index (κ1) is 14.6. The van der Waals surface area contributed by atoms with E-state index in [1.54, 1.807) is 6.07 Å². The number of non-ortho nitro benzene ring substituents is 1. The lowest BCUT2D eigenvalue weighted by molar-refractivity contribution is -0.384. The number of nitrogens with two attached hydrogens (primary N) is 1. The molecule has 0 amide bonds. The highest BCUT2D eigenvalue weighted by Gasteiger charge is 2.20. The second kappa shape index (κ2) is 5.42. The lowest BCUT2D eigenvalue weighted by atomic mass is 10.1. The first-order valence-corrected chi connectivity index (χ1v) is 6.75. The van der Waals surface area contributed by atoms with Crippen LogP contribution in [0, 0.1) is 10.1 Å². The Balaban J connectivity index is 2.95. The number of nitrogens with zero attached hydrogens (tertiary/aromatic N) is 2. The smallest absolute Gasteiger partial charge is 0.269 e. The first-order valence-electron chi connectivity index (χ1n) is 5.14. The zero-order valence-corrected chi connectivity index (χ0v) is 10.9. The van der Waals surface area contributed by atoms with Gasteiger partial charge in [-0.15, -0.1) is 0 Å². The Labute approximate surface area is 105 Å². The number of nitro benzene ring substituents is 1. The lowest BCUT2D eigenvalue weighted by Crippen LogP contribution is -2.31. The normalized spacial score (nSPS) is 13.6. The maximum Gasteiger partial charge on any atom is 0.269 e. The molecule has 2 N–H and O–H groups in total. The Morgan fingerprint density at radius 3 is 2.56 bits per heavy atom. The minimum absolute atomic E-state index is 0.106. The topological polar surface area (TPSA) is 107 Å². The van der Waals surface area contributed by atoms with E-state index in [4.69, 9.17) is 5.73 Å². The summed E-state index contributed by atoms with van der Waals surface area (Å²) in [6.45, 7) is 0. The third-order valence-electron chi connectivity index (χ3n) is 2.46. The zero-order chi connectivity index (χ0) is 13.9. The van der Waals surface area contributed by atoms with Crippen molar-refractivity contribution in [1.29, 1.82) is 0 Å². The van der Waals surface area contributed by atoms with Crippen LogP contribution in [0.3, 0.4) is 0 Å². The standard InChI is InChI=1S/C10H15N3O4S/c1-12(2)18(16,17)7-10(11)8-4-3-5-9(6-8)13(14)15/h3-6,10H,7,11H2,1-2H3. The molecule has 7 nitrogen and oxygen atoms in total. The van der Waals surface area contributed by atoms with Gasteiger partial charge in [0.1, 0.15) is 0 Å². The third-order valence-corrected chi connectivity index (χ3v) is 4.35. The number of benzene rings is 1. The molecule has 0 aromatic heterocycles. The van der Waals surface area contributed by atoms with Gasteiger partial charge in [0, 0.05) is 32.3 Å². The summed E-state index contributed by atoms with van der Waals surface area (Å²) in [7, 11) is -0.616. The Kier molecular flexibility index (Phi) is 4.38. The van der Waals surface area contributed by atoms with Crippen molar-refractivity contribution in [2.75, 3.05) is 19.8 Å². The highest BCUT2D eigenvalue weighted by molar-refractivity contribution is 7.89. The van der Waals surface area contributed by atoms with Crippen LogP contribution in [0.2, 0.25) is 0 Å². The van der Waals surface area contributed by atoms with Crippen LogP contribution in [-0.2, 0) is 10.0 Å². The van der Waals surface area contributed by atoms with Crippen LogP contribution in [0.5, 0.6) is 0 Å². The summed E-state index contributed by atoms with van der Waals surface area (Å²) in [4.78, 5) is 10.1. The summed E-state index contributed by atoms with van der Waals surface area (Å²) < 4.78 is 24.4. The Morgan fingerprint density at radius 1 is 1.44 bits per heavy atom. The van der Waals surface area contributed by atoms with Crippen LogP contribution in [0.15, 0.2) is 24.3 Å². The molecular formula is C10H15N3O4S. The number of sulfonamides is 1. The Bertz CT molecular complexity index is 542. The summed E-state index contributed by atoms with van der Waals surface area (Å²) >= 11 is 0. The number of hydrogen-bond acceptors (Lipinski definition) is 5. The summed E-state index contributed by atoms with van der Waals surface area (Å²) in [6.07, 6.45) is 0. The van der Waals surface area contributed by atoms with Crippen LogP contribution >= 0.6 is 0 Å². The molecule has 100 valence electrons. The average molecular weight is 273 g/mol. The van der Waals surface area contributed by atoms with E-state index in [-0.39, 0.29) is 11.4 Å². The van der Waals surface area contributed by atoms with Crippen LogP contribution < -0.4 is 5.73 Å². The predicted octanol–water partition coefficient (Wildman–Crippen LogP) is 0.486. The fourth-order valence-corrected chi connectivity index (χ4v) is 2.29. The summed E-state index contributed by atoms with van der Waals surface area (Å²) in [5, 5.41) is 10.6. The van der Waals surface area contributed by atoms with Crippen LogP contribution in [0.4, 0.5) is 5.69 Å². The van der Waals surface area contributed by atoms with Crippen molar-refractivity contribution in [2.45, 2.75) is 6.04 Å². The lowest BCUT2D eigenvalue weighted by Gasteiger charge is -2.16. The van der Waals surface area contributed by atoms with E-state index in [2.05, 4.69) is 0 Å². The van der Waals surface area contributed by atoms with E-state index in [1.165, 1.54) is 32.3 Å². The predicted molar refractivity (Wildman–Crippen MR) is 67.5 cm³/mol. The van der Waals surface area contributed by atoms with Crippen LogP contribution in [0.1, 0.15) is 11.6 Å². The number of nitro groups is 1. The molecule has 0 aliphatic carbocycles. The quantitative estimate of drug-likeness (QED) is 0.620. The molecule has 0 aliphatic heterocycles. The number of rotatable bonds is 5. The fraction of sp³-hybridized carbons (Fsp3) is 0.400. The van der Waals surface area contributed by atoms with E-state index in [1.807, 2.05) is 0 Å². The molecule has 1 unspecified atom stereocenters. The minimum Gasteiger partial charge on any atom is -0.323 e. The van der Waals surface area contributed by atoms with Gasteiger partial charge in [-0.3, -0.25) is 10.1 Å². The second-order valence-electron chi connectivity index (χ2n) is 4.02. The van der Waals surface area contributed by atoms with E-state index in [0.29, 0.717) is 5.56 Å². The molecule has 1 atom stereocenters. The van der Waals surface area contributed by atoms with Gasteiger partial charge in [-0.05, 0) is 5.56 Å². The van der Waals surface area contributed by atoms with Crippen molar-refractivity contribution in [2.24, 2.45) is 5.73 Å². The highest BCUT2D eigenvalue weighted by Crippen LogP contribution is 2.19. The van der Waals surface area contributed by atoms with Gasteiger partial charge in [0.25, 0.3) is 5.69 Å². The molecule has 0 radical (unpaired) electrons. The van der Waals surface area contributed by atoms with Gasteiger partial charge >= 0.3 is 0 Å².